The second-order valence-corrected chi connectivity index (χ2v) is 6.04. The molecule has 3 rings (SSSR count). The van der Waals surface area contributed by atoms with Crippen molar-refractivity contribution in [1.29, 1.82) is 0 Å². The monoisotopic (exact) mass is 352 g/mol. The first-order chi connectivity index (χ1) is 10.9. The Morgan fingerprint density at radius 3 is 2.61 bits per heavy atom. The van der Waals surface area contributed by atoms with Crippen LogP contribution in [-0.2, 0) is 0 Å². The van der Waals surface area contributed by atoms with E-state index >= 15 is 0 Å². The van der Waals surface area contributed by atoms with Gasteiger partial charge in [-0.1, -0.05) is 30.1 Å². The zero-order chi connectivity index (χ0) is 16.7. The van der Waals surface area contributed by atoms with Crippen molar-refractivity contribution in [2.24, 2.45) is 15.8 Å². The lowest BCUT2D eigenvalue weighted by Crippen LogP contribution is -2.12. The normalized spacial score (nSPS) is 16.6. The minimum absolute atomic E-state index is 0.0300. The van der Waals surface area contributed by atoms with E-state index in [0.717, 1.165) is 0 Å². The Labute approximate surface area is 142 Å². The quantitative estimate of drug-likeness (QED) is 0.886. The average molecular weight is 353 g/mol. The summed E-state index contributed by atoms with van der Waals surface area (Å²) >= 11 is 11.8. The number of phenols is 1. The summed E-state index contributed by atoms with van der Waals surface area (Å²) in [5.41, 5.74) is 7.39. The van der Waals surface area contributed by atoms with Gasteiger partial charge in [-0.2, -0.15) is 5.10 Å². The van der Waals surface area contributed by atoms with Gasteiger partial charge in [0.05, 0.1) is 21.4 Å². The molecule has 0 fully saturated rings. The molecule has 1 aromatic heterocycles. The van der Waals surface area contributed by atoms with E-state index in [4.69, 9.17) is 28.9 Å². The van der Waals surface area contributed by atoms with Crippen LogP contribution < -0.4 is 5.73 Å². The number of halogens is 2. The predicted octanol–water partition coefficient (Wildman–Crippen LogP) is 2.71. The first kappa shape index (κ1) is 15.9. The summed E-state index contributed by atoms with van der Waals surface area (Å²) in [5.74, 6) is 1.02. The number of benzene rings is 1. The van der Waals surface area contributed by atoms with Gasteiger partial charge in [-0.05, 0) is 19.1 Å². The van der Waals surface area contributed by atoms with Crippen LogP contribution in [0.4, 0.5) is 5.69 Å². The fourth-order valence-corrected chi connectivity index (χ4v) is 2.56. The molecular weight excluding hydrogens is 339 g/mol. The van der Waals surface area contributed by atoms with Gasteiger partial charge < -0.3 is 10.8 Å². The number of hydrogen-bond donors (Lipinski definition) is 2. The zero-order valence-corrected chi connectivity index (χ0v) is 14.0. The van der Waals surface area contributed by atoms with Crippen LogP contribution >= 0.6 is 23.2 Å². The summed E-state index contributed by atoms with van der Waals surface area (Å²) in [6, 6.07) is 3.04. The van der Waals surface area contributed by atoms with Gasteiger partial charge in [-0.25, -0.2) is 9.98 Å². The molecule has 0 amide bonds. The second-order valence-electron chi connectivity index (χ2n) is 5.22. The highest BCUT2D eigenvalue weighted by molar-refractivity contribution is 6.48. The molecule has 23 heavy (non-hydrogen) atoms. The second kappa shape index (κ2) is 5.92. The topological polar surface area (TPSA) is 102 Å². The van der Waals surface area contributed by atoms with Crippen molar-refractivity contribution in [3.63, 3.8) is 0 Å². The van der Waals surface area contributed by atoms with Crippen LogP contribution in [-0.4, -0.2) is 37.9 Å². The minimum atomic E-state index is -0.170. The molecule has 3 N–H and O–H groups in total. The summed E-state index contributed by atoms with van der Waals surface area (Å²) in [6.07, 6.45) is 0. The Kier molecular flexibility index (Phi) is 4.09. The summed E-state index contributed by atoms with van der Waals surface area (Å²) in [6.45, 7) is 4.20. The van der Waals surface area contributed by atoms with Crippen LogP contribution in [0.5, 0.6) is 5.75 Å². The largest absolute Gasteiger partial charge is 0.505 e. The van der Waals surface area contributed by atoms with Gasteiger partial charge in [0.2, 0.25) is 5.82 Å². The van der Waals surface area contributed by atoms with E-state index in [1.54, 1.807) is 0 Å². The smallest absolute Gasteiger partial charge is 0.204 e. The number of aliphatic imine (C=N–C) groups is 1. The van der Waals surface area contributed by atoms with Crippen LogP contribution in [0, 0.1) is 0 Å². The molecule has 1 aromatic carbocycles. The molecule has 7 nitrogen and oxygen atoms in total. The Balaban J connectivity index is 2.05. The van der Waals surface area contributed by atoms with Gasteiger partial charge in [0, 0.05) is 12.5 Å². The molecule has 2 heterocycles. The summed E-state index contributed by atoms with van der Waals surface area (Å²) < 4.78 is 0. The minimum Gasteiger partial charge on any atom is -0.505 e. The van der Waals surface area contributed by atoms with Crippen molar-refractivity contribution >= 4 is 40.3 Å². The average Bonchev–Trinajstić information content (AvgIpc) is 3.03. The number of aromatic hydroxyl groups is 1. The van der Waals surface area contributed by atoms with Crippen molar-refractivity contribution in [1.82, 2.24) is 14.9 Å². The molecule has 0 saturated heterocycles. The van der Waals surface area contributed by atoms with Crippen molar-refractivity contribution in [2.45, 2.75) is 19.8 Å². The molecule has 0 spiro atoms. The first-order valence-corrected chi connectivity index (χ1v) is 7.66. The van der Waals surface area contributed by atoms with Gasteiger partial charge in [0.25, 0.3) is 0 Å². The van der Waals surface area contributed by atoms with E-state index in [9.17, 15) is 5.11 Å². The molecule has 2 aromatic rings. The van der Waals surface area contributed by atoms with E-state index in [0.29, 0.717) is 35.3 Å². The van der Waals surface area contributed by atoms with Crippen LogP contribution in [0.2, 0.25) is 10.0 Å². The number of hydrogen-bond acceptors (Lipinski definition) is 6. The van der Waals surface area contributed by atoms with E-state index in [2.05, 4.69) is 20.2 Å². The van der Waals surface area contributed by atoms with Crippen molar-refractivity contribution in [3.05, 3.63) is 33.8 Å². The highest BCUT2D eigenvalue weighted by Gasteiger charge is 2.26. The van der Waals surface area contributed by atoms with Crippen LogP contribution in [0.25, 0.3) is 0 Å². The lowest BCUT2D eigenvalue weighted by atomic mass is 10.2. The Morgan fingerprint density at radius 2 is 2.00 bits per heavy atom. The predicted molar refractivity (Wildman–Crippen MR) is 90.3 cm³/mol. The summed E-state index contributed by atoms with van der Waals surface area (Å²) in [5, 5.41) is 18.5. The number of aromatic nitrogens is 3. The van der Waals surface area contributed by atoms with E-state index < -0.39 is 0 Å². The number of nitrogens with two attached hydrogens (primary N) is 1. The number of rotatable bonds is 3. The van der Waals surface area contributed by atoms with E-state index in [1.807, 2.05) is 13.8 Å². The van der Waals surface area contributed by atoms with Gasteiger partial charge in [-0.15, -0.1) is 9.89 Å². The van der Waals surface area contributed by atoms with Crippen molar-refractivity contribution in [2.75, 3.05) is 6.54 Å². The fraction of sp³-hybridized carbons (Fsp3) is 0.286. The van der Waals surface area contributed by atoms with Crippen LogP contribution in [0.15, 0.2) is 22.2 Å². The molecule has 1 atom stereocenters. The molecule has 0 radical (unpaired) electrons. The van der Waals surface area contributed by atoms with E-state index in [1.165, 1.54) is 16.9 Å². The molecule has 1 aliphatic rings. The molecule has 1 aliphatic heterocycles. The lowest BCUT2D eigenvalue weighted by Gasteiger charge is -2.03. The summed E-state index contributed by atoms with van der Waals surface area (Å²) in [4.78, 5) is 10.4. The maximum Gasteiger partial charge on any atom is 0.204 e. The van der Waals surface area contributed by atoms with Gasteiger partial charge in [0.1, 0.15) is 5.71 Å². The third-order valence-electron chi connectivity index (χ3n) is 3.44. The zero-order valence-electron chi connectivity index (χ0n) is 12.5. The van der Waals surface area contributed by atoms with Gasteiger partial charge in [0.15, 0.2) is 11.6 Å². The third-order valence-corrected chi connectivity index (χ3v) is 4.02. The van der Waals surface area contributed by atoms with Gasteiger partial charge >= 0.3 is 0 Å². The van der Waals surface area contributed by atoms with Crippen molar-refractivity contribution < 1.29 is 5.11 Å². The highest BCUT2D eigenvalue weighted by Crippen LogP contribution is 2.36. The maximum absolute atomic E-state index is 9.62. The molecule has 0 saturated carbocycles. The fourth-order valence-electron chi connectivity index (χ4n) is 2.08. The van der Waals surface area contributed by atoms with Crippen LogP contribution in [0.1, 0.15) is 31.4 Å². The van der Waals surface area contributed by atoms with E-state index in [-0.39, 0.29) is 21.7 Å². The molecular formula is C14H14Cl2N6O. The van der Waals surface area contributed by atoms with Gasteiger partial charge in [-0.3, -0.25) is 0 Å². The maximum atomic E-state index is 9.62. The van der Waals surface area contributed by atoms with Crippen LogP contribution in [0.3, 0.4) is 0 Å². The summed E-state index contributed by atoms with van der Waals surface area (Å²) in [7, 11) is 0. The molecule has 120 valence electrons. The Hall–Kier alpha value is -1.96. The third kappa shape index (κ3) is 2.83. The number of fused-ring (bicyclic) bond motifs is 1. The Bertz CT molecular complexity index is 819. The molecule has 0 aliphatic carbocycles. The highest BCUT2D eigenvalue weighted by atomic mass is 35.5. The van der Waals surface area contributed by atoms with Crippen molar-refractivity contribution in [3.8, 4) is 5.75 Å². The number of phenolic OH excluding ortho intramolecular Hbond substituents is 1. The lowest BCUT2D eigenvalue weighted by molar-refractivity contribution is 0.476. The Morgan fingerprint density at radius 1 is 1.35 bits per heavy atom. The molecule has 9 heteroatoms. The first-order valence-electron chi connectivity index (χ1n) is 6.90. The standard InChI is InChI=1S/C14H14Cl2N6O/c1-6(5-17)13-19-14-11(7(2)20-22(14)21-13)18-8-3-9(15)12(23)10(16)4-8/h3-4,6,23H,5,17H2,1-2H3. The molecule has 0 bridgehead atoms. The molecule has 1 unspecified atom stereocenters. The number of nitrogens with zero attached hydrogens (tertiary/aromatic N) is 5. The SMILES string of the molecule is CC1=Nn2nc(C(C)CN)nc2C1=Nc1cc(Cl)c(O)c(Cl)c1.